The minimum Gasteiger partial charge on any atom is -0.490 e. The number of hydrogen-bond donors (Lipinski definition) is 2. The molecule has 1 aromatic rings. The number of rotatable bonds is 7. The Morgan fingerprint density at radius 2 is 2.08 bits per heavy atom. The third-order valence-electron chi connectivity index (χ3n) is 3.25. The van der Waals surface area contributed by atoms with Gasteiger partial charge in [0.1, 0.15) is 12.2 Å². The zero-order valence-electron chi connectivity index (χ0n) is 14.5. The number of imide groups is 1. The SMILES string of the molecule is CCOc1cc(/C=C2/NC(=O)N(CC(=O)O)C2=O)cc(I)c1OC(C)C. The molecule has 8 nitrogen and oxygen atoms in total. The summed E-state index contributed by atoms with van der Waals surface area (Å²) in [5, 5.41) is 11.2. The number of aliphatic carboxylic acids is 1. The summed E-state index contributed by atoms with van der Waals surface area (Å²) in [7, 11) is 0. The molecule has 1 fully saturated rings. The summed E-state index contributed by atoms with van der Waals surface area (Å²) in [5.41, 5.74) is 0.627. The van der Waals surface area contributed by atoms with Crippen LogP contribution in [0.4, 0.5) is 4.79 Å². The predicted molar refractivity (Wildman–Crippen MR) is 102 cm³/mol. The van der Waals surface area contributed by atoms with E-state index in [4.69, 9.17) is 14.6 Å². The van der Waals surface area contributed by atoms with Crippen molar-refractivity contribution in [1.29, 1.82) is 0 Å². The minimum atomic E-state index is -1.27. The lowest BCUT2D eigenvalue weighted by Gasteiger charge is -2.17. The third-order valence-corrected chi connectivity index (χ3v) is 4.05. The van der Waals surface area contributed by atoms with Crippen LogP contribution in [0.1, 0.15) is 26.3 Å². The van der Waals surface area contributed by atoms with Crippen LogP contribution in [0.3, 0.4) is 0 Å². The molecule has 0 aromatic heterocycles. The highest BCUT2D eigenvalue weighted by Crippen LogP contribution is 2.35. The molecule has 1 heterocycles. The monoisotopic (exact) mass is 474 g/mol. The Morgan fingerprint density at radius 1 is 1.38 bits per heavy atom. The van der Waals surface area contributed by atoms with Crippen molar-refractivity contribution < 1.29 is 29.0 Å². The maximum absolute atomic E-state index is 12.2. The summed E-state index contributed by atoms with van der Waals surface area (Å²) < 4.78 is 12.2. The highest BCUT2D eigenvalue weighted by Gasteiger charge is 2.34. The van der Waals surface area contributed by atoms with Gasteiger partial charge < -0.3 is 19.9 Å². The summed E-state index contributed by atoms with van der Waals surface area (Å²) >= 11 is 2.11. The van der Waals surface area contributed by atoms with Crippen LogP contribution in [-0.4, -0.2) is 47.2 Å². The van der Waals surface area contributed by atoms with Crippen molar-refractivity contribution in [3.05, 3.63) is 27.0 Å². The molecule has 9 heteroatoms. The van der Waals surface area contributed by atoms with E-state index in [0.29, 0.717) is 28.6 Å². The molecular formula is C17H19IN2O6. The molecule has 0 aliphatic carbocycles. The van der Waals surface area contributed by atoms with E-state index in [1.54, 1.807) is 12.1 Å². The van der Waals surface area contributed by atoms with Crippen LogP contribution in [-0.2, 0) is 9.59 Å². The van der Waals surface area contributed by atoms with Gasteiger partial charge in [0.25, 0.3) is 5.91 Å². The van der Waals surface area contributed by atoms with Crippen LogP contribution in [0, 0.1) is 3.57 Å². The maximum Gasteiger partial charge on any atom is 0.329 e. The van der Waals surface area contributed by atoms with E-state index >= 15 is 0 Å². The zero-order chi connectivity index (χ0) is 19.4. The summed E-state index contributed by atoms with van der Waals surface area (Å²) in [6.07, 6.45) is 1.44. The normalized spacial score (nSPS) is 15.6. The summed E-state index contributed by atoms with van der Waals surface area (Å²) in [6.45, 7) is 5.41. The first-order valence-electron chi connectivity index (χ1n) is 7.92. The van der Waals surface area contributed by atoms with E-state index in [1.165, 1.54) is 6.08 Å². The first kappa shape index (κ1) is 20.0. The van der Waals surface area contributed by atoms with Crippen molar-refractivity contribution in [3.8, 4) is 11.5 Å². The number of amides is 3. The Hall–Kier alpha value is -2.30. The standard InChI is InChI=1S/C17H19IN2O6/c1-4-25-13-7-10(5-11(18)15(13)26-9(2)3)6-12-16(23)20(8-14(21)22)17(24)19-12/h5-7,9H,4,8H2,1-3H3,(H,19,24)(H,21,22)/b12-6+. The first-order valence-corrected chi connectivity index (χ1v) is 9.00. The van der Waals surface area contributed by atoms with Gasteiger partial charge in [-0.15, -0.1) is 0 Å². The molecule has 0 spiro atoms. The van der Waals surface area contributed by atoms with Gasteiger partial charge in [0.2, 0.25) is 0 Å². The molecule has 0 saturated carbocycles. The van der Waals surface area contributed by atoms with E-state index in [2.05, 4.69) is 27.9 Å². The number of hydrogen-bond acceptors (Lipinski definition) is 5. The van der Waals surface area contributed by atoms with E-state index in [1.807, 2.05) is 20.8 Å². The molecule has 0 unspecified atom stereocenters. The molecule has 2 rings (SSSR count). The number of nitrogens with zero attached hydrogens (tertiary/aromatic N) is 1. The van der Waals surface area contributed by atoms with Crippen molar-refractivity contribution >= 4 is 46.6 Å². The van der Waals surface area contributed by atoms with Crippen LogP contribution in [0.2, 0.25) is 0 Å². The van der Waals surface area contributed by atoms with Gasteiger partial charge in [0.15, 0.2) is 11.5 Å². The molecule has 26 heavy (non-hydrogen) atoms. The molecule has 1 aliphatic heterocycles. The molecule has 0 bridgehead atoms. The fourth-order valence-corrected chi connectivity index (χ4v) is 3.05. The lowest BCUT2D eigenvalue weighted by atomic mass is 10.1. The number of ether oxygens (including phenoxy) is 2. The number of benzene rings is 1. The molecular weight excluding hydrogens is 455 g/mol. The Kier molecular flexibility index (Phi) is 6.46. The largest absolute Gasteiger partial charge is 0.490 e. The van der Waals surface area contributed by atoms with Crippen LogP contribution in [0.25, 0.3) is 6.08 Å². The quantitative estimate of drug-likeness (QED) is 0.358. The lowest BCUT2D eigenvalue weighted by molar-refractivity contribution is -0.140. The molecule has 0 atom stereocenters. The molecule has 2 N–H and O–H groups in total. The molecule has 140 valence electrons. The van der Waals surface area contributed by atoms with E-state index in [0.717, 1.165) is 3.57 Å². The Labute approximate surface area is 164 Å². The van der Waals surface area contributed by atoms with Gasteiger partial charge >= 0.3 is 12.0 Å². The number of urea groups is 1. The number of nitrogens with one attached hydrogen (secondary N) is 1. The molecule has 0 radical (unpaired) electrons. The van der Waals surface area contributed by atoms with E-state index in [-0.39, 0.29) is 11.8 Å². The third kappa shape index (κ3) is 4.65. The van der Waals surface area contributed by atoms with Gasteiger partial charge in [0.05, 0.1) is 16.3 Å². The van der Waals surface area contributed by atoms with Crippen molar-refractivity contribution in [2.24, 2.45) is 0 Å². The van der Waals surface area contributed by atoms with Crippen molar-refractivity contribution in [2.45, 2.75) is 26.9 Å². The predicted octanol–water partition coefficient (Wildman–Crippen LogP) is 2.45. The van der Waals surface area contributed by atoms with Crippen LogP contribution < -0.4 is 14.8 Å². The van der Waals surface area contributed by atoms with Crippen LogP contribution in [0.5, 0.6) is 11.5 Å². The number of carboxylic acid groups (broad SMARTS) is 1. The topological polar surface area (TPSA) is 105 Å². The second-order valence-corrected chi connectivity index (χ2v) is 6.86. The van der Waals surface area contributed by atoms with Gasteiger partial charge in [-0.3, -0.25) is 9.59 Å². The number of carbonyl (C=O) groups excluding carboxylic acids is 2. The van der Waals surface area contributed by atoms with E-state index < -0.39 is 24.5 Å². The van der Waals surface area contributed by atoms with Crippen molar-refractivity contribution in [3.63, 3.8) is 0 Å². The Morgan fingerprint density at radius 3 is 2.65 bits per heavy atom. The van der Waals surface area contributed by atoms with Crippen LogP contribution in [0.15, 0.2) is 17.8 Å². The van der Waals surface area contributed by atoms with Crippen LogP contribution >= 0.6 is 22.6 Å². The van der Waals surface area contributed by atoms with Crippen molar-refractivity contribution in [2.75, 3.05) is 13.2 Å². The van der Waals surface area contributed by atoms with Gasteiger partial charge in [0, 0.05) is 0 Å². The Balaban J connectivity index is 2.37. The number of carbonyl (C=O) groups is 3. The zero-order valence-corrected chi connectivity index (χ0v) is 16.7. The average Bonchev–Trinajstić information content (AvgIpc) is 2.78. The second kappa shape index (κ2) is 8.39. The second-order valence-electron chi connectivity index (χ2n) is 5.70. The minimum absolute atomic E-state index is 0.00651. The summed E-state index contributed by atoms with van der Waals surface area (Å²) in [6, 6.07) is 2.73. The highest BCUT2D eigenvalue weighted by molar-refractivity contribution is 14.1. The molecule has 1 saturated heterocycles. The summed E-state index contributed by atoms with van der Waals surface area (Å²) in [4.78, 5) is 35.4. The fourth-order valence-electron chi connectivity index (χ4n) is 2.30. The molecule has 1 aliphatic rings. The summed E-state index contributed by atoms with van der Waals surface area (Å²) in [5.74, 6) is -0.816. The van der Waals surface area contributed by atoms with Gasteiger partial charge in [-0.05, 0) is 67.1 Å². The van der Waals surface area contributed by atoms with Crippen molar-refractivity contribution in [1.82, 2.24) is 10.2 Å². The number of halogens is 1. The average molecular weight is 474 g/mol. The lowest BCUT2D eigenvalue weighted by Crippen LogP contribution is -2.35. The fraction of sp³-hybridized carbons (Fsp3) is 0.353. The highest BCUT2D eigenvalue weighted by atomic mass is 127. The number of carboxylic acids is 1. The molecule has 3 amide bonds. The van der Waals surface area contributed by atoms with E-state index in [9.17, 15) is 14.4 Å². The smallest absolute Gasteiger partial charge is 0.329 e. The van der Waals surface area contributed by atoms with Gasteiger partial charge in [-0.1, -0.05) is 0 Å². The van der Waals surface area contributed by atoms with Gasteiger partial charge in [-0.25, -0.2) is 9.69 Å². The Bertz CT molecular complexity index is 775. The maximum atomic E-state index is 12.2. The molecule has 1 aromatic carbocycles. The first-order chi connectivity index (χ1) is 12.2. The van der Waals surface area contributed by atoms with Gasteiger partial charge in [-0.2, -0.15) is 0 Å².